The number of halogens is 4. The van der Waals surface area contributed by atoms with E-state index in [1.54, 1.807) is 0 Å². The van der Waals surface area contributed by atoms with E-state index >= 15 is 0 Å². The van der Waals surface area contributed by atoms with Crippen LogP contribution in [0.2, 0.25) is 0 Å². The smallest absolute Gasteiger partial charge is 0.217 e. The van der Waals surface area contributed by atoms with E-state index in [2.05, 4.69) is 0 Å². The molecule has 86 valence electrons. The molecule has 2 nitrogen and oxygen atoms in total. The number of ether oxygens (including phenoxy) is 2. The summed E-state index contributed by atoms with van der Waals surface area (Å²) in [6, 6.07) is 0. The molecule has 0 aliphatic heterocycles. The van der Waals surface area contributed by atoms with Crippen molar-refractivity contribution in [2.75, 3.05) is 14.2 Å². The van der Waals surface area contributed by atoms with E-state index in [0.717, 1.165) is 0 Å². The molecule has 2 bridgehead atoms. The largest absolute Gasteiger partial charge is 0.350 e. The van der Waals surface area contributed by atoms with E-state index in [9.17, 15) is 0 Å². The average molecular weight is 292 g/mol. The molecular weight excluding hydrogens is 282 g/mol. The Hall–Kier alpha value is 0.820. The zero-order valence-electron chi connectivity index (χ0n) is 8.24. The Bertz CT molecular complexity index is 311. The molecule has 0 radical (unpaired) electrons. The Morgan fingerprint density at radius 3 is 1.47 bits per heavy atom. The molecule has 0 spiro atoms. The second-order valence-electron chi connectivity index (χ2n) is 3.76. The Kier molecular flexibility index (Phi) is 2.79. The van der Waals surface area contributed by atoms with Crippen LogP contribution in [-0.2, 0) is 9.47 Å². The fraction of sp³-hybridized carbons (Fsp3) is 0.778. The molecule has 2 aliphatic rings. The number of hydrogen-bond acceptors (Lipinski definition) is 2. The van der Waals surface area contributed by atoms with Gasteiger partial charge in [0.2, 0.25) is 5.79 Å². The summed E-state index contributed by atoms with van der Waals surface area (Å²) in [6.07, 6.45) is 1.16. The zero-order chi connectivity index (χ0) is 11.5. The summed E-state index contributed by atoms with van der Waals surface area (Å²) in [7, 11) is 2.98. The quantitative estimate of drug-likeness (QED) is 0.573. The van der Waals surface area contributed by atoms with Gasteiger partial charge in [0.15, 0.2) is 0 Å². The third-order valence-electron chi connectivity index (χ3n) is 3.32. The highest BCUT2D eigenvalue weighted by Gasteiger charge is 2.77. The van der Waals surface area contributed by atoms with E-state index < -0.39 is 15.5 Å². The van der Waals surface area contributed by atoms with Crippen molar-refractivity contribution in [3.63, 3.8) is 0 Å². The van der Waals surface area contributed by atoms with Gasteiger partial charge in [0.25, 0.3) is 0 Å². The van der Waals surface area contributed by atoms with Crippen molar-refractivity contribution >= 4 is 46.4 Å². The van der Waals surface area contributed by atoms with Crippen LogP contribution in [0.3, 0.4) is 0 Å². The fourth-order valence-electron chi connectivity index (χ4n) is 2.57. The van der Waals surface area contributed by atoms with E-state index in [-0.39, 0.29) is 0 Å². The number of methoxy groups -OCH3 is 2. The van der Waals surface area contributed by atoms with Crippen LogP contribution in [0.4, 0.5) is 0 Å². The van der Waals surface area contributed by atoms with E-state index in [1.807, 2.05) is 0 Å². The Balaban J connectivity index is 2.65. The average Bonchev–Trinajstić information content (AvgIpc) is 2.53. The lowest BCUT2D eigenvalue weighted by molar-refractivity contribution is -0.216. The normalized spacial score (nSPS) is 42.8. The van der Waals surface area contributed by atoms with Crippen molar-refractivity contribution in [3.8, 4) is 0 Å². The van der Waals surface area contributed by atoms with E-state index in [0.29, 0.717) is 22.9 Å². The molecule has 0 aromatic heterocycles. The van der Waals surface area contributed by atoms with Crippen LogP contribution in [0.1, 0.15) is 12.8 Å². The SMILES string of the molecule is COC1(OC)[C@]2(Cl)CC[C@]1(Cl)C(Cl)=C2Cl. The van der Waals surface area contributed by atoms with Gasteiger partial charge in [-0.2, -0.15) is 0 Å². The van der Waals surface area contributed by atoms with Gasteiger partial charge in [-0.25, -0.2) is 0 Å². The minimum atomic E-state index is -1.18. The molecule has 15 heavy (non-hydrogen) atoms. The maximum atomic E-state index is 6.45. The van der Waals surface area contributed by atoms with Crippen molar-refractivity contribution in [3.05, 3.63) is 10.1 Å². The van der Waals surface area contributed by atoms with Gasteiger partial charge in [0.1, 0.15) is 9.75 Å². The molecule has 6 heteroatoms. The van der Waals surface area contributed by atoms with Gasteiger partial charge >= 0.3 is 0 Å². The lowest BCUT2D eigenvalue weighted by Gasteiger charge is -2.40. The monoisotopic (exact) mass is 290 g/mol. The van der Waals surface area contributed by atoms with Crippen LogP contribution in [0, 0.1) is 0 Å². The third kappa shape index (κ3) is 1.07. The van der Waals surface area contributed by atoms with Crippen molar-refractivity contribution in [1.29, 1.82) is 0 Å². The van der Waals surface area contributed by atoms with Crippen LogP contribution >= 0.6 is 46.4 Å². The summed E-state index contributed by atoms with van der Waals surface area (Å²) in [5.41, 5.74) is 0. The lowest BCUT2D eigenvalue weighted by Crippen LogP contribution is -2.55. The van der Waals surface area contributed by atoms with Gasteiger partial charge in [-0.05, 0) is 12.8 Å². The van der Waals surface area contributed by atoms with Crippen molar-refractivity contribution < 1.29 is 9.47 Å². The van der Waals surface area contributed by atoms with Crippen LogP contribution in [0.5, 0.6) is 0 Å². The van der Waals surface area contributed by atoms with E-state index in [4.69, 9.17) is 55.9 Å². The van der Waals surface area contributed by atoms with Crippen LogP contribution < -0.4 is 0 Å². The molecule has 2 rings (SSSR count). The van der Waals surface area contributed by atoms with E-state index in [1.165, 1.54) is 14.2 Å². The predicted molar refractivity (Wildman–Crippen MR) is 61.9 cm³/mol. The maximum absolute atomic E-state index is 6.45. The first kappa shape index (κ1) is 12.3. The molecule has 0 aromatic rings. The first-order valence-corrected chi connectivity index (χ1v) is 5.95. The Morgan fingerprint density at radius 1 is 0.933 bits per heavy atom. The van der Waals surface area contributed by atoms with Gasteiger partial charge in [-0.3, -0.25) is 0 Å². The number of hydrogen-bond donors (Lipinski definition) is 0. The highest BCUT2D eigenvalue weighted by Crippen LogP contribution is 2.69. The predicted octanol–water partition coefficient (Wildman–Crippen LogP) is 3.43. The number of rotatable bonds is 2. The van der Waals surface area contributed by atoms with Gasteiger partial charge in [-0.15, -0.1) is 23.2 Å². The Morgan fingerprint density at radius 2 is 1.27 bits per heavy atom. The van der Waals surface area contributed by atoms with Crippen LogP contribution in [0.25, 0.3) is 0 Å². The molecule has 1 fully saturated rings. The van der Waals surface area contributed by atoms with Crippen molar-refractivity contribution in [1.82, 2.24) is 0 Å². The number of fused-ring (bicyclic) bond motifs is 2. The van der Waals surface area contributed by atoms with Crippen LogP contribution in [0.15, 0.2) is 10.1 Å². The molecule has 0 heterocycles. The molecule has 1 saturated carbocycles. The second-order valence-corrected chi connectivity index (χ2v) is 5.80. The first-order valence-electron chi connectivity index (χ1n) is 4.44. The number of alkyl halides is 2. The van der Waals surface area contributed by atoms with Gasteiger partial charge in [0.05, 0.1) is 10.1 Å². The summed E-state index contributed by atoms with van der Waals surface area (Å²) in [5.74, 6) is -1.18. The third-order valence-corrected chi connectivity index (χ3v) is 5.89. The molecule has 2 atom stereocenters. The molecule has 0 unspecified atom stereocenters. The second kappa shape index (κ2) is 3.41. The molecule has 0 N–H and O–H groups in total. The summed E-state index contributed by atoms with van der Waals surface area (Å²) < 4.78 is 10.8. The summed E-state index contributed by atoms with van der Waals surface area (Å²) in [5, 5.41) is 0.659. The molecule has 0 saturated heterocycles. The van der Waals surface area contributed by atoms with Gasteiger partial charge in [0, 0.05) is 14.2 Å². The highest BCUT2D eigenvalue weighted by molar-refractivity contribution is 6.51. The van der Waals surface area contributed by atoms with Gasteiger partial charge in [-0.1, -0.05) is 23.2 Å². The minimum Gasteiger partial charge on any atom is -0.350 e. The van der Waals surface area contributed by atoms with Crippen molar-refractivity contribution in [2.24, 2.45) is 0 Å². The Labute approximate surface area is 108 Å². The van der Waals surface area contributed by atoms with Crippen molar-refractivity contribution in [2.45, 2.75) is 28.4 Å². The fourth-order valence-corrected chi connectivity index (χ4v) is 4.49. The molecule has 0 aromatic carbocycles. The zero-order valence-corrected chi connectivity index (χ0v) is 11.3. The first-order chi connectivity index (χ1) is 6.89. The lowest BCUT2D eigenvalue weighted by atomic mass is 10.0. The van der Waals surface area contributed by atoms with Crippen LogP contribution in [-0.4, -0.2) is 29.8 Å². The highest BCUT2D eigenvalue weighted by atomic mass is 35.5. The minimum absolute atomic E-state index is 0.329. The van der Waals surface area contributed by atoms with Gasteiger partial charge < -0.3 is 9.47 Å². The summed E-state index contributed by atoms with van der Waals surface area (Å²) >= 11 is 25.1. The maximum Gasteiger partial charge on any atom is 0.217 e. The molecular formula is C9H10Cl4O2. The standard InChI is InChI=1S/C9H10Cl4O2/c1-14-9(15-2)7(12)3-4-8(9,13)6(11)5(7)10/h3-4H2,1-2H3/t7-,8-/m0/s1. The summed E-state index contributed by atoms with van der Waals surface area (Å²) in [6.45, 7) is 0. The molecule has 0 amide bonds. The topological polar surface area (TPSA) is 18.5 Å². The molecule has 2 aliphatic carbocycles. The summed E-state index contributed by atoms with van der Waals surface area (Å²) in [4.78, 5) is -1.95.